The molecule has 166 valence electrons. The third-order valence-electron chi connectivity index (χ3n) is 6.76. The molecule has 10 heteroatoms. The summed E-state index contributed by atoms with van der Waals surface area (Å²) >= 11 is 1.59. The highest BCUT2D eigenvalue weighted by molar-refractivity contribution is 7.90. The van der Waals surface area contributed by atoms with E-state index in [1.165, 1.54) is 10.6 Å². The minimum atomic E-state index is -3.70. The Labute approximate surface area is 181 Å². The molecular formula is C20H30N4O4S2. The van der Waals surface area contributed by atoms with Crippen LogP contribution in [-0.4, -0.2) is 67.2 Å². The molecule has 0 unspecified atom stereocenters. The number of morpholine rings is 1. The summed E-state index contributed by atoms with van der Waals surface area (Å²) in [6.45, 7) is 12.6. The Balaban J connectivity index is 1.42. The van der Waals surface area contributed by atoms with E-state index in [0.717, 1.165) is 24.5 Å². The number of nitrogens with zero attached hydrogens (tertiary/aromatic N) is 3. The van der Waals surface area contributed by atoms with E-state index < -0.39 is 15.9 Å². The first-order valence-electron chi connectivity index (χ1n) is 10.4. The summed E-state index contributed by atoms with van der Waals surface area (Å²) < 4.78 is 34.1. The van der Waals surface area contributed by atoms with E-state index in [-0.39, 0.29) is 22.3 Å². The van der Waals surface area contributed by atoms with Crippen LogP contribution in [0, 0.1) is 5.41 Å². The monoisotopic (exact) mass is 454 g/mol. The molecule has 1 fully saturated rings. The number of hydrogen-bond donors (Lipinski definition) is 1. The van der Waals surface area contributed by atoms with Gasteiger partial charge in [0, 0.05) is 35.3 Å². The fraction of sp³-hybridized carbons (Fsp3) is 0.700. The Bertz CT molecular complexity index is 1060. The molecule has 1 amide bonds. The molecule has 2 aromatic heterocycles. The summed E-state index contributed by atoms with van der Waals surface area (Å²) in [5.74, 6) is -0.752. The molecule has 0 bridgehead atoms. The molecule has 0 spiro atoms. The number of carbonyl (C=O) groups is 1. The van der Waals surface area contributed by atoms with Crippen molar-refractivity contribution in [2.75, 3.05) is 38.6 Å². The van der Waals surface area contributed by atoms with Crippen molar-refractivity contribution in [2.24, 2.45) is 5.41 Å². The topological polar surface area (TPSA) is 93.0 Å². The Morgan fingerprint density at radius 1 is 1.27 bits per heavy atom. The Morgan fingerprint density at radius 3 is 2.67 bits per heavy atom. The van der Waals surface area contributed by atoms with Crippen molar-refractivity contribution in [3.8, 4) is 0 Å². The molecule has 1 saturated heterocycles. The molecule has 0 radical (unpaired) electrons. The van der Waals surface area contributed by atoms with Gasteiger partial charge in [0.15, 0.2) is 4.96 Å². The molecule has 1 N–H and O–H groups in total. The number of thiazole rings is 1. The van der Waals surface area contributed by atoms with Gasteiger partial charge in [-0.15, -0.1) is 11.3 Å². The van der Waals surface area contributed by atoms with Gasteiger partial charge >= 0.3 is 0 Å². The van der Waals surface area contributed by atoms with Crippen LogP contribution in [0.25, 0.3) is 4.96 Å². The summed E-state index contributed by atoms with van der Waals surface area (Å²) in [5.41, 5.74) is 1.45. The number of carbonyl (C=O) groups excluding carboxylic acids is 1. The number of hydrogen-bond acceptors (Lipinski definition) is 7. The zero-order valence-electron chi connectivity index (χ0n) is 18.0. The van der Waals surface area contributed by atoms with Crippen LogP contribution in [0.15, 0.2) is 6.20 Å². The number of amides is 1. The van der Waals surface area contributed by atoms with Crippen LogP contribution in [0.3, 0.4) is 0 Å². The Hall–Kier alpha value is -1.49. The number of imidazole rings is 1. The number of rotatable bonds is 6. The second kappa shape index (κ2) is 7.58. The standard InChI is InChI=1S/C20H30N4O4S2/c1-19(2)12-15-16(20(19,3)4)29-18-21-14(13-24(15)18)17(25)22-30(26,27)11-5-6-23-7-9-28-10-8-23/h13H,5-12H2,1-4H3,(H,22,25). The molecule has 0 atom stereocenters. The largest absolute Gasteiger partial charge is 0.379 e. The van der Waals surface area contributed by atoms with Gasteiger partial charge in [-0.05, 0) is 24.8 Å². The SMILES string of the molecule is CC1(C)Cc2c(sc3nc(C(=O)NS(=O)(=O)CCCN4CCOCC4)cn23)C1(C)C. The number of fused-ring (bicyclic) bond motifs is 3. The average Bonchev–Trinajstić information content (AvgIpc) is 3.26. The first-order chi connectivity index (χ1) is 14.0. The zero-order chi connectivity index (χ0) is 21.7. The maximum atomic E-state index is 12.6. The van der Waals surface area contributed by atoms with Crippen molar-refractivity contribution in [1.29, 1.82) is 0 Å². The van der Waals surface area contributed by atoms with Crippen LogP contribution in [-0.2, 0) is 26.6 Å². The minimum Gasteiger partial charge on any atom is -0.379 e. The molecule has 2 aliphatic rings. The van der Waals surface area contributed by atoms with Gasteiger partial charge in [-0.1, -0.05) is 27.7 Å². The zero-order valence-corrected chi connectivity index (χ0v) is 19.7. The molecule has 4 rings (SSSR count). The van der Waals surface area contributed by atoms with Gasteiger partial charge in [-0.3, -0.25) is 14.1 Å². The predicted octanol–water partition coefficient (Wildman–Crippen LogP) is 2.04. The van der Waals surface area contributed by atoms with Crippen LogP contribution in [0.2, 0.25) is 0 Å². The van der Waals surface area contributed by atoms with Gasteiger partial charge in [0.1, 0.15) is 5.69 Å². The van der Waals surface area contributed by atoms with Gasteiger partial charge in [-0.2, -0.15) is 0 Å². The van der Waals surface area contributed by atoms with Crippen molar-refractivity contribution >= 4 is 32.2 Å². The average molecular weight is 455 g/mol. The Morgan fingerprint density at radius 2 is 1.97 bits per heavy atom. The predicted molar refractivity (Wildman–Crippen MR) is 117 cm³/mol. The van der Waals surface area contributed by atoms with Crippen LogP contribution in [0.4, 0.5) is 0 Å². The number of aromatic nitrogens is 2. The van der Waals surface area contributed by atoms with Gasteiger partial charge in [0.2, 0.25) is 10.0 Å². The highest BCUT2D eigenvalue weighted by atomic mass is 32.2. The van der Waals surface area contributed by atoms with Crippen LogP contribution in [0.5, 0.6) is 0 Å². The van der Waals surface area contributed by atoms with E-state index in [1.807, 2.05) is 4.40 Å². The lowest BCUT2D eigenvalue weighted by molar-refractivity contribution is 0.0381. The molecule has 8 nitrogen and oxygen atoms in total. The molecule has 1 aliphatic carbocycles. The second-order valence-corrected chi connectivity index (χ2v) is 12.2. The van der Waals surface area contributed by atoms with Crippen molar-refractivity contribution in [3.63, 3.8) is 0 Å². The highest BCUT2D eigenvalue weighted by Gasteiger charge is 2.48. The third-order valence-corrected chi connectivity index (χ3v) is 9.50. The molecule has 0 saturated carbocycles. The van der Waals surface area contributed by atoms with Crippen molar-refractivity contribution in [3.05, 3.63) is 22.5 Å². The number of sulfonamides is 1. The first-order valence-corrected chi connectivity index (χ1v) is 12.8. The summed E-state index contributed by atoms with van der Waals surface area (Å²) in [5, 5.41) is 0. The van der Waals surface area contributed by atoms with Gasteiger partial charge in [0.05, 0.1) is 19.0 Å². The van der Waals surface area contributed by atoms with Crippen LogP contribution in [0.1, 0.15) is 55.2 Å². The van der Waals surface area contributed by atoms with E-state index >= 15 is 0 Å². The smallest absolute Gasteiger partial charge is 0.284 e. The minimum absolute atomic E-state index is 0.0277. The summed E-state index contributed by atoms with van der Waals surface area (Å²) in [6, 6.07) is 0. The van der Waals surface area contributed by atoms with E-state index in [4.69, 9.17) is 4.74 Å². The third kappa shape index (κ3) is 3.90. The van der Waals surface area contributed by atoms with E-state index in [1.54, 1.807) is 17.5 Å². The quantitative estimate of drug-likeness (QED) is 0.718. The van der Waals surface area contributed by atoms with Crippen LogP contribution < -0.4 is 4.72 Å². The first kappa shape index (κ1) is 21.7. The lowest BCUT2D eigenvalue weighted by Crippen LogP contribution is -2.38. The van der Waals surface area contributed by atoms with E-state index in [2.05, 4.69) is 42.3 Å². The van der Waals surface area contributed by atoms with Gasteiger partial charge in [-0.25, -0.2) is 18.1 Å². The molecule has 1 aliphatic heterocycles. The van der Waals surface area contributed by atoms with Crippen molar-refractivity contribution in [2.45, 2.75) is 46.0 Å². The number of ether oxygens (including phenoxy) is 1. The van der Waals surface area contributed by atoms with E-state index in [9.17, 15) is 13.2 Å². The molecule has 0 aromatic carbocycles. The molecular weight excluding hydrogens is 424 g/mol. The molecule has 3 heterocycles. The summed E-state index contributed by atoms with van der Waals surface area (Å²) in [4.78, 5) is 21.2. The fourth-order valence-corrected chi connectivity index (χ4v) is 6.55. The fourth-order valence-electron chi connectivity index (χ4n) is 4.15. The normalized spacial score (nSPS) is 21.1. The maximum Gasteiger partial charge on any atom is 0.284 e. The van der Waals surface area contributed by atoms with Crippen molar-refractivity contribution in [1.82, 2.24) is 19.0 Å². The van der Waals surface area contributed by atoms with Gasteiger partial charge in [0.25, 0.3) is 5.91 Å². The summed E-state index contributed by atoms with van der Waals surface area (Å²) in [7, 11) is -3.70. The molecule has 2 aromatic rings. The van der Waals surface area contributed by atoms with Crippen molar-refractivity contribution < 1.29 is 17.9 Å². The second-order valence-electron chi connectivity index (χ2n) is 9.40. The lowest BCUT2D eigenvalue weighted by atomic mass is 9.71. The van der Waals surface area contributed by atoms with E-state index in [0.29, 0.717) is 26.2 Å². The summed E-state index contributed by atoms with van der Waals surface area (Å²) in [6.07, 6.45) is 3.03. The highest BCUT2D eigenvalue weighted by Crippen LogP contribution is 2.53. The Kier molecular flexibility index (Phi) is 5.49. The maximum absolute atomic E-state index is 12.6. The van der Waals surface area contributed by atoms with Gasteiger partial charge < -0.3 is 4.74 Å². The lowest BCUT2D eigenvalue weighted by Gasteiger charge is -2.34. The number of nitrogens with one attached hydrogen (secondary N) is 1. The van der Waals surface area contributed by atoms with Crippen LogP contribution >= 0.6 is 11.3 Å². The molecule has 30 heavy (non-hydrogen) atoms.